The van der Waals surface area contributed by atoms with Crippen LogP contribution in [0.15, 0.2) is 27.1 Å². The number of aryl methyl sites for hydroxylation is 2. The van der Waals surface area contributed by atoms with Gasteiger partial charge >= 0.3 is 6.01 Å². The summed E-state index contributed by atoms with van der Waals surface area (Å²) in [4.78, 5) is 0. The van der Waals surface area contributed by atoms with E-state index in [1.54, 1.807) is 0 Å². The van der Waals surface area contributed by atoms with E-state index in [4.69, 9.17) is 16.0 Å². The molecule has 6 heteroatoms. The van der Waals surface area contributed by atoms with E-state index in [-0.39, 0.29) is 0 Å². The maximum atomic E-state index is 5.59. The number of benzene rings is 1. The molecule has 0 aliphatic heterocycles. The lowest BCUT2D eigenvalue weighted by atomic mass is 10.2. The molecule has 1 N–H and O–H groups in total. The summed E-state index contributed by atoms with van der Waals surface area (Å²) < 4.78 is 6.42. The van der Waals surface area contributed by atoms with Gasteiger partial charge in [0.15, 0.2) is 0 Å². The normalized spacial score (nSPS) is 10.5. The van der Waals surface area contributed by atoms with Crippen LogP contribution in [0.1, 0.15) is 11.5 Å². The number of hydrogen-bond acceptors (Lipinski definition) is 4. The van der Waals surface area contributed by atoms with Crippen molar-refractivity contribution < 1.29 is 4.42 Å². The molecule has 0 aliphatic rings. The quantitative estimate of drug-likeness (QED) is 0.875. The van der Waals surface area contributed by atoms with E-state index in [0.717, 1.165) is 15.7 Å². The molecule has 1 aromatic carbocycles. The van der Waals surface area contributed by atoms with Crippen molar-refractivity contribution in [2.24, 2.45) is 0 Å². The van der Waals surface area contributed by atoms with Crippen molar-refractivity contribution in [2.75, 3.05) is 11.2 Å². The first-order valence-electron chi connectivity index (χ1n) is 5.10. The predicted molar refractivity (Wildman–Crippen MR) is 70.9 cm³/mol. The zero-order valence-electron chi connectivity index (χ0n) is 9.20. The number of anilines is 2. The lowest BCUT2D eigenvalue weighted by Gasteiger charge is -2.05. The van der Waals surface area contributed by atoms with Crippen LogP contribution in [0.4, 0.5) is 11.7 Å². The molecule has 0 bridgehead atoms. The molecule has 17 heavy (non-hydrogen) atoms. The van der Waals surface area contributed by atoms with Crippen LogP contribution in [-0.2, 0) is 6.42 Å². The van der Waals surface area contributed by atoms with Gasteiger partial charge in [-0.25, -0.2) is 0 Å². The molecule has 1 heterocycles. The Kier molecular flexibility index (Phi) is 4.02. The van der Waals surface area contributed by atoms with Crippen molar-refractivity contribution >= 4 is 39.2 Å². The summed E-state index contributed by atoms with van der Waals surface area (Å²) in [6.45, 7) is 2.00. The van der Waals surface area contributed by atoms with Crippen LogP contribution >= 0.6 is 27.5 Å². The summed E-state index contributed by atoms with van der Waals surface area (Å²) in [6.07, 6.45) is 0.579. The molecule has 0 fully saturated rings. The Balaban J connectivity index is 2.13. The van der Waals surface area contributed by atoms with E-state index < -0.39 is 0 Å². The van der Waals surface area contributed by atoms with Crippen molar-refractivity contribution in [2.45, 2.75) is 13.3 Å². The van der Waals surface area contributed by atoms with E-state index in [2.05, 4.69) is 31.4 Å². The summed E-state index contributed by atoms with van der Waals surface area (Å²) in [5.74, 6) is 1.01. The third kappa shape index (κ3) is 3.20. The second-order valence-corrected chi connectivity index (χ2v) is 4.82. The molecule has 90 valence electrons. The fourth-order valence-electron chi connectivity index (χ4n) is 1.37. The Labute approximate surface area is 113 Å². The number of halogens is 2. The average molecular weight is 317 g/mol. The van der Waals surface area contributed by atoms with Crippen molar-refractivity contribution in [3.05, 3.63) is 34.1 Å². The summed E-state index contributed by atoms with van der Waals surface area (Å²) in [5, 5.41) is 10.8. The van der Waals surface area contributed by atoms with Gasteiger partial charge in [-0.3, -0.25) is 0 Å². The van der Waals surface area contributed by atoms with Gasteiger partial charge in [0.1, 0.15) is 0 Å². The zero-order chi connectivity index (χ0) is 12.3. The minimum atomic E-state index is 0.385. The molecule has 0 amide bonds. The molecule has 2 aromatic rings. The summed E-state index contributed by atoms with van der Waals surface area (Å²) >= 11 is 9.01. The van der Waals surface area contributed by atoms with Gasteiger partial charge in [0.25, 0.3) is 0 Å². The van der Waals surface area contributed by atoms with Gasteiger partial charge in [-0.15, -0.1) is 16.7 Å². The highest BCUT2D eigenvalue weighted by Crippen LogP contribution is 2.23. The van der Waals surface area contributed by atoms with Crippen LogP contribution < -0.4 is 5.32 Å². The van der Waals surface area contributed by atoms with Gasteiger partial charge in [0.05, 0.1) is 0 Å². The molecule has 2 rings (SSSR count). The van der Waals surface area contributed by atoms with Gasteiger partial charge in [-0.1, -0.05) is 21.0 Å². The highest BCUT2D eigenvalue weighted by Gasteiger charge is 2.07. The van der Waals surface area contributed by atoms with Crippen LogP contribution in [0, 0.1) is 6.92 Å². The summed E-state index contributed by atoms with van der Waals surface area (Å²) in [7, 11) is 0. The summed E-state index contributed by atoms with van der Waals surface area (Å²) in [6, 6.07) is 6.30. The van der Waals surface area contributed by atoms with E-state index in [1.165, 1.54) is 0 Å². The average Bonchev–Trinajstić information content (AvgIpc) is 2.71. The van der Waals surface area contributed by atoms with Crippen LogP contribution in [0.2, 0.25) is 0 Å². The SMILES string of the molecule is Cc1cc(Br)ccc1Nc1nnc(CCCl)o1. The van der Waals surface area contributed by atoms with Crippen molar-refractivity contribution in [3.63, 3.8) is 0 Å². The lowest BCUT2D eigenvalue weighted by molar-refractivity contribution is 0.516. The molecule has 4 nitrogen and oxygen atoms in total. The maximum Gasteiger partial charge on any atom is 0.320 e. The zero-order valence-corrected chi connectivity index (χ0v) is 11.5. The summed E-state index contributed by atoms with van der Waals surface area (Å²) in [5.41, 5.74) is 2.03. The standard InChI is InChI=1S/C11H11BrClN3O/c1-7-6-8(12)2-3-9(7)14-11-16-15-10(17-11)4-5-13/h2-3,6H,4-5H2,1H3,(H,14,16). The third-order valence-electron chi connectivity index (χ3n) is 2.21. The lowest BCUT2D eigenvalue weighted by Crippen LogP contribution is -1.93. The van der Waals surface area contributed by atoms with Crippen LogP contribution in [-0.4, -0.2) is 16.1 Å². The van der Waals surface area contributed by atoms with Gasteiger partial charge in [0, 0.05) is 22.5 Å². The number of hydrogen-bond donors (Lipinski definition) is 1. The van der Waals surface area contributed by atoms with Crippen molar-refractivity contribution in [1.29, 1.82) is 0 Å². The second kappa shape index (κ2) is 5.51. The molecular weight excluding hydrogens is 305 g/mol. The predicted octanol–water partition coefficient (Wildman–Crippen LogP) is 3.67. The topological polar surface area (TPSA) is 51.0 Å². The first kappa shape index (κ1) is 12.4. The molecule has 0 saturated heterocycles. The highest BCUT2D eigenvalue weighted by atomic mass is 79.9. The number of rotatable bonds is 4. The minimum absolute atomic E-state index is 0.385. The van der Waals surface area contributed by atoms with E-state index in [0.29, 0.717) is 24.2 Å². The second-order valence-electron chi connectivity index (χ2n) is 3.52. The Morgan fingerprint density at radius 2 is 2.24 bits per heavy atom. The van der Waals surface area contributed by atoms with Crippen LogP contribution in [0.3, 0.4) is 0 Å². The largest absolute Gasteiger partial charge is 0.408 e. The molecule has 0 radical (unpaired) electrons. The monoisotopic (exact) mass is 315 g/mol. The van der Waals surface area contributed by atoms with Gasteiger partial charge in [0.2, 0.25) is 5.89 Å². The number of nitrogens with one attached hydrogen (secondary N) is 1. The van der Waals surface area contributed by atoms with Gasteiger partial charge < -0.3 is 9.73 Å². The Morgan fingerprint density at radius 1 is 1.41 bits per heavy atom. The van der Waals surface area contributed by atoms with E-state index in [1.807, 2.05) is 25.1 Å². The molecular formula is C11H11BrClN3O. The van der Waals surface area contributed by atoms with Crippen molar-refractivity contribution in [3.8, 4) is 0 Å². The van der Waals surface area contributed by atoms with E-state index in [9.17, 15) is 0 Å². The fourth-order valence-corrected chi connectivity index (χ4v) is 2.01. The fraction of sp³-hybridized carbons (Fsp3) is 0.273. The van der Waals surface area contributed by atoms with Crippen LogP contribution in [0.5, 0.6) is 0 Å². The number of alkyl halides is 1. The molecule has 0 spiro atoms. The Morgan fingerprint density at radius 3 is 2.94 bits per heavy atom. The first-order valence-corrected chi connectivity index (χ1v) is 6.43. The van der Waals surface area contributed by atoms with Crippen LogP contribution in [0.25, 0.3) is 0 Å². The van der Waals surface area contributed by atoms with Crippen molar-refractivity contribution in [1.82, 2.24) is 10.2 Å². The molecule has 1 aromatic heterocycles. The molecule has 0 aliphatic carbocycles. The van der Waals surface area contributed by atoms with Gasteiger partial charge in [-0.05, 0) is 30.7 Å². The third-order valence-corrected chi connectivity index (χ3v) is 2.89. The van der Waals surface area contributed by atoms with Gasteiger partial charge in [-0.2, -0.15) is 0 Å². The molecule has 0 atom stereocenters. The number of nitrogens with zero attached hydrogens (tertiary/aromatic N) is 2. The molecule has 0 saturated carbocycles. The first-order chi connectivity index (χ1) is 8.19. The number of aromatic nitrogens is 2. The Hall–Kier alpha value is -1.07. The minimum Gasteiger partial charge on any atom is -0.408 e. The highest BCUT2D eigenvalue weighted by molar-refractivity contribution is 9.10. The molecule has 0 unspecified atom stereocenters. The smallest absolute Gasteiger partial charge is 0.320 e. The maximum absolute atomic E-state index is 5.59. The Bertz CT molecular complexity index is 515. The van der Waals surface area contributed by atoms with E-state index >= 15 is 0 Å².